The number of amides is 2. The Bertz CT molecular complexity index is 1460. The van der Waals surface area contributed by atoms with Gasteiger partial charge < -0.3 is 20.0 Å². The van der Waals surface area contributed by atoms with Gasteiger partial charge in [0.25, 0.3) is 0 Å². The molecule has 32 heavy (non-hydrogen) atoms. The first-order chi connectivity index (χ1) is 15.5. The Morgan fingerprint density at radius 2 is 1.88 bits per heavy atom. The van der Waals surface area contributed by atoms with Crippen molar-refractivity contribution in [2.75, 3.05) is 5.32 Å². The number of hydrogen-bond acceptors (Lipinski definition) is 3. The van der Waals surface area contributed by atoms with E-state index in [0.717, 1.165) is 44.4 Å². The second-order valence-corrected chi connectivity index (χ2v) is 7.65. The quantitative estimate of drug-likeness (QED) is 0.419. The molecular formula is C26H20N3O3. The summed E-state index contributed by atoms with van der Waals surface area (Å²) in [6, 6.07) is 24.3. The van der Waals surface area contributed by atoms with Gasteiger partial charge in [0.05, 0.1) is 17.3 Å². The van der Waals surface area contributed by atoms with E-state index in [9.17, 15) is 9.59 Å². The lowest BCUT2D eigenvalue weighted by Crippen LogP contribution is -2.11. The van der Waals surface area contributed by atoms with Crippen LogP contribution in [0.4, 0.5) is 5.69 Å². The molecule has 3 N–H and O–H groups in total. The zero-order chi connectivity index (χ0) is 22.2. The minimum atomic E-state index is -0.474. The fraction of sp³-hybridized carbons (Fsp3) is 0.0769. The number of furan rings is 1. The number of anilines is 1. The number of fused-ring (bicyclic) bond motifs is 3. The van der Waals surface area contributed by atoms with E-state index in [0.29, 0.717) is 12.1 Å². The van der Waals surface area contributed by atoms with Crippen LogP contribution in [-0.4, -0.2) is 16.4 Å². The molecule has 0 aliphatic carbocycles. The van der Waals surface area contributed by atoms with Crippen molar-refractivity contribution in [1.29, 1.82) is 0 Å². The maximum atomic E-state index is 12.2. The molecule has 0 fully saturated rings. The molecule has 3 aromatic carbocycles. The predicted octanol–water partition coefficient (Wildman–Crippen LogP) is 4.96. The van der Waals surface area contributed by atoms with Crippen LogP contribution < -0.4 is 11.1 Å². The van der Waals surface area contributed by atoms with Crippen molar-refractivity contribution in [2.45, 2.75) is 13.5 Å². The minimum Gasteiger partial charge on any atom is -0.464 e. The molecule has 1 radical (unpaired) electrons. The van der Waals surface area contributed by atoms with E-state index in [1.165, 1.54) is 6.92 Å². The van der Waals surface area contributed by atoms with Crippen molar-refractivity contribution in [3.8, 4) is 11.3 Å². The van der Waals surface area contributed by atoms with Crippen molar-refractivity contribution in [3.63, 3.8) is 0 Å². The van der Waals surface area contributed by atoms with Gasteiger partial charge in [-0.25, -0.2) is 0 Å². The summed E-state index contributed by atoms with van der Waals surface area (Å²) in [6.07, 6.45) is 1.64. The Morgan fingerprint density at radius 3 is 2.56 bits per heavy atom. The van der Waals surface area contributed by atoms with E-state index in [4.69, 9.17) is 10.2 Å². The molecule has 6 heteroatoms. The number of aromatic nitrogens is 1. The molecule has 0 atom stereocenters. The molecule has 0 bridgehead atoms. The molecule has 0 spiro atoms. The number of rotatable bonds is 5. The van der Waals surface area contributed by atoms with Gasteiger partial charge in [-0.1, -0.05) is 18.2 Å². The summed E-state index contributed by atoms with van der Waals surface area (Å²) in [5.74, 6) is 0.160. The summed E-state index contributed by atoms with van der Waals surface area (Å²) in [6.45, 7) is 2.05. The van der Waals surface area contributed by atoms with Gasteiger partial charge in [0, 0.05) is 41.1 Å². The second kappa shape index (κ2) is 7.74. The fourth-order valence-corrected chi connectivity index (χ4v) is 4.10. The van der Waals surface area contributed by atoms with Crippen LogP contribution in [0.25, 0.3) is 33.1 Å². The third-order valence-electron chi connectivity index (χ3n) is 5.48. The van der Waals surface area contributed by atoms with Crippen LogP contribution in [0.15, 0.2) is 77.4 Å². The lowest BCUT2D eigenvalue weighted by molar-refractivity contribution is -0.114. The van der Waals surface area contributed by atoms with Gasteiger partial charge in [-0.05, 0) is 60.2 Å². The first-order valence-corrected chi connectivity index (χ1v) is 10.2. The number of nitrogens with two attached hydrogens (primary N) is 1. The Kier molecular flexibility index (Phi) is 4.75. The smallest absolute Gasteiger partial charge is 0.249 e. The molecule has 2 aromatic heterocycles. The summed E-state index contributed by atoms with van der Waals surface area (Å²) in [4.78, 5) is 23.5. The predicted molar refractivity (Wildman–Crippen MR) is 124 cm³/mol. The monoisotopic (exact) mass is 422 g/mol. The van der Waals surface area contributed by atoms with Gasteiger partial charge >= 0.3 is 0 Å². The van der Waals surface area contributed by atoms with Crippen LogP contribution >= 0.6 is 0 Å². The van der Waals surface area contributed by atoms with Crippen LogP contribution in [0.5, 0.6) is 0 Å². The summed E-state index contributed by atoms with van der Waals surface area (Å²) in [5, 5.41) is 4.40. The molecular weight excluding hydrogens is 402 g/mol. The Morgan fingerprint density at radius 1 is 1.06 bits per heavy atom. The molecule has 157 valence electrons. The first-order valence-electron chi connectivity index (χ1n) is 10.2. The number of primary amides is 1. The van der Waals surface area contributed by atoms with Crippen molar-refractivity contribution in [2.24, 2.45) is 5.73 Å². The van der Waals surface area contributed by atoms with Crippen LogP contribution in [-0.2, 0) is 11.3 Å². The van der Waals surface area contributed by atoms with Crippen molar-refractivity contribution < 1.29 is 14.0 Å². The molecule has 6 nitrogen and oxygen atoms in total. The molecule has 5 rings (SSSR count). The molecule has 0 aliphatic rings. The zero-order valence-electron chi connectivity index (χ0n) is 17.4. The number of nitrogens with one attached hydrogen (secondary N) is 1. The minimum absolute atomic E-state index is 0.111. The number of carbonyl (C=O) groups is 2. The number of hydrogen-bond donors (Lipinski definition) is 2. The summed E-state index contributed by atoms with van der Waals surface area (Å²) in [7, 11) is 0. The van der Waals surface area contributed by atoms with Gasteiger partial charge in [0.1, 0.15) is 5.76 Å². The lowest BCUT2D eigenvalue weighted by atomic mass is 10.0. The number of nitrogens with zero attached hydrogens (tertiary/aromatic N) is 1. The average molecular weight is 422 g/mol. The highest BCUT2D eigenvalue weighted by molar-refractivity contribution is 6.18. The Labute approximate surface area is 184 Å². The van der Waals surface area contributed by atoms with Crippen LogP contribution in [0.1, 0.15) is 22.8 Å². The molecule has 0 saturated carbocycles. The highest BCUT2D eigenvalue weighted by Crippen LogP contribution is 2.35. The van der Waals surface area contributed by atoms with Crippen molar-refractivity contribution >= 4 is 39.3 Å². The standard InChI is InChI=1S/C26H20N3O3/c1-16(30)28-19-10-7-17(8-11-19)15-29-22-5-2-4-21(26(27)31)25(22)20-12-9-18(14-23(20)29)24-6-3-13-32-24/h2-11,13-14H,15H2,1H3,(H2,27,31)(H,28,30). The van der Waals surface area contributed by atoms with Gasteiger partial charge in [0.15, 0.2) is 0 Å². The molecule has 5 aromatic rings. The largest absolute Gasteiger partial charge is 0.464 e. The number of benzene rings is 3. The third kappa shape index (κ3) is 3.41. The Balaban J connectivity index is 1.70. The first kappa shape index (κ1) is 19.6. The highest BCUT2D eigenvalue weighted by Gasteiger charge is 2.18. The average Bonchev–Trinajstić information content (AvgIpc) is 3.42. The summed E-state index contributed by atoms with van der Waals surface area (Å²) >= 11 is 0. The van der Waals surface area contributed by atoms with E-state index in [1.807, 2.05) is 60.7 Å². The fourth-order valence-electron chi connectivity index (χ4n) is 4.10. The van der Waals surface area contributed by atoms with Gasteiger partial charge in [-0.3, -0.25) is 9.59 Å². The van der Waals surface area contributed by atoms with E-state index < -0.39 is 5.91 Å². The summed E-state index contributed by atoms with van der Waals surface area (Å²) < 4.78 is 7.72. The lowest BCUT2D eigenvalue weighted by Gasteiger charge is -2.10. The topological polar surface area (TPSA) is 90.3 Å². The van der Waals surface area contributed by atoms with Gasteiger partial charge in [-0.2, -0.15) is 0 Å². The van der Waals surface area contributed by atoms with E-state index in [2.05, 4.69) is 16.0 Å². The SMILES string of the molecule is CC(=O)Nc1ccc(Cn2c3cc(-c4ccco4)c[c]c3c3c(C(N)=O)cccc32)cc1. The molecule has 2 heterocycles. The number of carbonyl (C=O) groups excluding carboxylic acids is 2. The summed E-state index contributed by atoms with van der Waals surface area (Å²) in [5.41, 5.74) is 10.7. The van der Waals surface area contributed by atoms with E-state index in [1.54, 1.807) is 12.3 Å². The molecule has 0 saturated heterocycles. The van der Waals surface area contributed by atoms with Crippen LogP contribution in [0.3, 0.4) is 0 Å². The molecule has 0 aliphatic heterocycles. The molecule has 0 unspecified atom stereocenters. The zero-order valence-corrected chi connectivity index (χ0v) is 17.4. The maximum Gasteiger partial charge on any atom is 0.249 e. The van der Waals surface area contributed by atoms with Crippen molar-refractivity contribution in [3.05, 3.63) is 90.2 Å². The molecule has 2 amide bonds. The maximum absolute atomic E-state index is 12.2. The van der Waals surface area contributed by atoms with Gasteiger partial charge in [-0.15, -0.1) is 0 Å². The van der Waals surface area contributed by atoms with Crippen molar-refractivity contribution in [1.82, 2.24) is 4.57 Å². The van der Waals surface area contributed by atoms with Crippen LogP contribution in [0, 0.1) is 6.07 Å². The third-order valence-corrected chi connectivity index (χ3v) is 5.48. The highest BCUT2D eigenvalue weighted by atomic mass is 16.3. The van der Waals surface area contributed by atoms with E-state index >= 15 is 0 Å². The Hall–Kier alpha value is -4.32. The second-order valence-electron chi connectivity index (χ2n) is 7.65. The van der Waals surface area contributed by atoms with Gasteiger partial charge in [0.2, 0.25) is 11.8 Å². The normalized spacial score (nSPS) is 11.2. The van der Waals surface area contributed by atoms with E-state index in [-0.39, 0.29) is 5.91 Å². The van der Waals surface area contributed by atoms with Crippen LogP contribution in [0.2, 0.25) is 0 Å².